The monoisotopic (exact) mass is 180 g/mol. The molecular weight excluding hydrogens is 160 g/mol. The van der Waals surface area contributed by atoms with Gasteiger partial charge in [-0.05, 0) is 20.0 Å². The van der Waals surface area contributed by atoms with Gasteiger partial charge in [-0.25, -0.2) is 4.99 Å². The van der Waals surface area contributed by atoms with Crippen molar-refractivity contribution in [3.63, 3.8) is 0 Å². The molecule has 74 valence electrons. The highest BCUT2D eigenvalue weighted by molar-refractivity contribution is 5.85. The van der Waals surface area contributed by atoms with Gasteiger partial charge < -0.3 is 4.90 Å². The Morgan fingerprint density at radius 1 is 1.23 bits per heavy atom. The van der Waals surface area contributed by atoms with Gasteiger partial charge in [-0.15, -0.1) is 0 Å². The van der Waals surface area contributed by atoms with E-state index >= 15 is 0 Å². The van der Waals surface area contributed by atoms with Crippen LogP contribution in [0.15, 0.2) is 30.6 Å². The van der Waals surface area contributed by atoms with Crippen LogP contribution in [0.5, 0.6) is 0 Å². The van der Waals surface area contributed by atoms with Crippen LogP contribution in [0.4, 0.5) is 0 Å². The second kappa shape index (κ2) is 5.57. The standard InChI is InChI=1S/C11H20N2/c1-7-12-11(9(3)4)13(8-2)10(5)6/h7-10H,1-2H2,3-6H3/b12-11-. The van der Waals surface area contributed by atoms with Crippen LogP contribution in [0, 0.1) is 5.92 Å². The van der Waals surface area contributed by atoms with E-state index in [1.807, 2.05) is 6.20 Å². The van der Waals surface area contributed by atoms with E-state index in [1.165, 1.54) is 0 Å². The maximum atomic E-state index is 4.25. The summed E-state index contributed by atoms with van der Waals surface area (Å²) in [7, 11) is 0. The minimum Gasteiger partial charge on any atom is -0.334 e. The smallest absolute Gasteiger partial charge is 0.111 e. The maximum absolute atomic E-state index is 4.25. The zero-order chi connectivity index (χ0) is 10.4. The average molecular weight is 180 g/mol. The molecule has 0 fully saturated rings. The Kier molecular flexibility index (Phi) is 5.12. The van der Waals surface area contributed by atoms with E-state index < -0.39 is 0 Å². The van der Waals surface area contributed by atoms with Crippen molar-refractivity contribution < 1.29 is 0 Å². The first-order valence-corrected chi connectivity index (χ1v) is 4.64. The van der Waals surface area contributed by atoms with Crippen LogP contribution in [0.1, 0.15) is 27.7 Å². The van der Waals surface area contributed by atoms with Gasteiger partial charge in [0.25, 0.3) is 0 Å². The van der Waals surface area contributed by atoms with Crippen LogP contribution in [-0.2, 0) is 0 Å². The lowest BCUT2D eigenvalue weighted by atomic mass is 10.1. The molecule has 0 aliphatic heterocycles. The highest BCUT2D eigenvalue weighted by atomic mass is 15.2. The lowest BCUT2D eigenvalue weighted by Gasteiger charge is -2.28. The molecule has 0 heterocycles. The molecule has 0 bridgehead atoms. The Bertz CT molecular complexity index is 202. The van der Waals surface area contributed by atoms with E-state index in [2.05, 4.69) is 50.7 Å². The van der Waals surface area contributed by atoms with Crippen molar-refractivity contribution in [2.24, 2.45) is 10.9 Å². The number of aliphatic imine (C=N–C) groups is 1. The van der Waals surface area contributed by atoms with Crippen LogP contribution >= 0.6 is 0 Å². The van der Waals surface area contributed by atoms with E-state index in [4.69, 9.17) is 0 Å². The topological polar surface area (TPSA) is 15.6 Å². The molecule has 0 rings (SSSR count). The molecular formula is C11H20N2. The van der Waals surface area contributed by atoms with Gasteiger partial charge >= 0.3 is 0 Å². The average Bonchev–Trinajstić information content (AvgIpc) is 2.03. The quantitative estimate of drug-likeness (QED) is 0.479. The van der Waals surface area contributed by atoms with Crippen molar-refractivity contribution in [2.75, 3.05) is 0 Å². The lowest BCUT2D eigenvalue weighted by molar-refractivity contribution is 0.439. The van der Waals surface area contributed by atoms with Gasteiger partial charge in [-0.3, -0.25) is 0 Å². The molecule has 0 aromatic heterocycles. The molecule has 0 spiro atoms. The second-order valence-corrected chi connectivity index (χ2v) is 3.51. The first-order valence-electron chi connectivity index (χ1n) is 4.64. The van der Waals surface area contributed by atoms with Crippen molar-refractivity contribution in [3.8, 4) is 0 Å². The van der Waals surface area contributed by atoms with E-state index in [0.717, 1.165) is 5.84 Å². The Hall–Kier alpha value is -1.05. The lowest BCUT2D eigenvalue weighted by Crippen LogP contribution is -2.35. The normalized spacial score (nSPS) is 12.0. The summed E-state index contributed by atoms with van der Waals surface area (Å²) < 4.78 is 0. The molecule has 13 heavy (non-hydrogen) atoms. The van der Waals surface area contributed by atoms with Gasteiger partial charge in [0.1, 0.15) is 5.84 Å². The summed E-state index contributed by atoms with van der Waals surface area (Å²) in [4.78, 5) is 6.31. The number of hydrogen-bond donors (Lipinski definition) is 0. The molecule has 0 N–H and O–H groups in total. The highest BCUT2D eigenvalue weighted by Crippen LogP contribution is 2.08. The van der Waals surface area contributed by atoms with Gasteiger partial charge in [-0.2, -0.15) is 0 Å². The summed E-state index contributed by atoms with van der Waals surface area (Å²) in [5.74, 6) is 1.40. The second-order valence-electron chi connectivity index (χ2n) is 3.51. The maximum Gasteiger partial charge on any atom is 0.111 e. The Morgan fingerprint density at radius 2 is 1.77 bits per heavy atom. The van der Waals surface area contributed by atoms with Crippen LogP contribution in [-0.4, -0.2) is 16.8 Å². The SMILES string of the molecule is C=C/N=C(/C(C)C)N(C=C)C(C)C. The summed E-state index contributed by atoms with van der Waals surface area (Å²) in [6.07, 6.45) is 3.39. The fourth-order valence-corrected chi connectivity index (χ4v) is 1.18. The molecule has 0 saturated carbocycles. The van der Waals surface area contributed by atoms with Crippen LogP contribution in [0.3, 0.4) is 0 Å². The minimum atomic E-state index is 0.387. The van der Waals surface area contributed by atoms with Crippen LogP contribution < -0.4 is 0 Å². The van der Waals surface area contributed by atoms with Crippen molar-refractivity contribution in [2.45, 2.75) is 33.7 Å². The van der Waals surface area contributed by atoms with Crippen LogP contribution in [0.2, 0.25) is 0 Å². The first-order chi connectivity index (χ1) is 6.04. The highest BCUT2D eigenvalue weighted by Gasteiger charge is 2.14. The van der Waals surface area contributed by atoms with Gasteiger partial charge in [0.2, 0.25) is 0 Å². The molecule has 0 radical (unpaired) electrons. The Balaban J connectivity index is 4.79. The van der Waals surface area contributed by atoms with E-state index in [0.29, 0.717) is 12.0 Å². The zero-order valence-corrected chi connectivity index (χ0v) is 9.12. The van der Waals surface area contributed by atoms with Crippen molar-refractivity contribution in [1.29, 1.82) is 0 Å². The predicted molar refractivity (Wildman–Crippen MR) is 59.6 cm³/mol. The van der Waals surface area contributed by atoms with Gasteiger partial charge in [-0.1, -0.05) is 27.0 Å². The molecule has 0 aromatic rings. The van der Waals surface area contributed by atoms with Gasteiger partial charge in [0.05, 0.1) is 0 Å². The largest absolute Gasteiger partial charge is 0.334 e. The van der Waals surface area contributed by atoms with Crippen molar-refractivity contribution in [1.82, 2.24) is 4.90 Å². The molecule has 2 nitrogen and oxygen atoms in total. The molecule has 0 aliphatic rings. The summed E-state index contributed by atoms with van der Waals surface area (Å²) in [6.45, 7) is 15.8. The summed E-state index contributed by atoms with van der Waals surface area (Å²) in [6, 6.07) is 0.388. The third-order valence-corrected chi connectivity index (χ3v) is 1.76. The Morgan fingerprint density at radius 3 is 2.00 bits per heavy atom. The number of rotatable bonds is 4. The molecule has 2 heteroatoms. The van der Waals surface area contributed by atoms with Crippen molar-refractivity contribution in [3.05, 3.63) is 25.6 Å². The van der Waals surface area contributed by atoms with Gasteiger partial charge in [0, 0.05) is 18.2 Å². The number of amidine groups is 1. The minimum absolute atomic E-state index is 0.387. The molecule has 0 atom stereocenters. The van der Waals surface area contributed by atoms with Crippen LogP contribution in [0.25, 0.3) is 0 Å². The molecule has 0 aliphatic carbocycles. The third-order valence-electron chi connectivity index (χ3n) is 1.76. The Labute approximate surface area is 81.7 Å². The first kappa shape index (κ1) is 11.9. The third kappa shape index (κ3) is 3.45. The zero-order valence-electron chi connectivity index (χ0n) is 9.12. The molecule has 0 saturated heterocycles. The molecule has 0 amide bonds. The summed E-state index contributed by atoms with van der Waals surface area (Å²) in [5, 5.41) is 0. The number of hydrogen-bond acceptors (Lipinski definition) is 1. The molecule has 0 unspecified atom stereocenters. The molecule has 0 aromatic carbocycles. The number of nitrogens with zero attached hydrogens (tertiary/aromatic N) is 2. The summed E-state index contributed by atoms with van der Waals surface area (Å²) in [5.41, 5.74) is 0. The van der Waals surface area contributed by atoms with Crippen molar-refractivity contribution >= 4 is 5.84 Å². The predicted octanol–water partition coefficient (Wildman–Crippen LogP) is 3.04. The van der Waals surface area contributed by atoms with Gasteiger partial charge in [0.15, 0.2) is 0 Å². The van der Waals surface area contributed by atoms with E-state index in [-0.39, 0.29) is 0 Å². The fourth-order valence-electron chi connectivity index (χ4n) is 1.18. The fraction of sp³-hybridized carbons (Fsp3) is 0.545. The van der Waals surface area contributed by atoms with E-state index in [9.17, 15) is 0 Å². The van der Waals surface area contributed by atoms with E-state index in [1.54, 1.807) is 6.20 Å². The summed E-state index contributed by atoms with van der Waals surface area (Å²) >= 11 is 0.